The van der Waals surface area contributed by atoms with E-state index in [-0.39, 0.29) is 6.61 Å². The van der Waals surface area contributed by atoms with Crippen LogP contribution in [0.5, 0.6) is 0 Å². The number of ether oxygens (including phenoxy) is 2. The fraction of sp³-hybridized carbons (Fsp3) is 0.500. The molecule has 5 atom stereocenters. The first-order chi connectivity index (χ1) is 12.1. The molecule has 11 heteroatoms. The van der Waals surface area contributed by atoms with Crippen LogP contribution in [-0.2, 0) is 20.9 Å². The molecule has 1 saturated heterocycles. The molecule has 1 fully saturated rings. The summed E-state index contributed by atoms with van der Waals surface area (Å²) in [6.07, 6.45) is -4.04. The molecule has 0 amide bonds. The lowest BCUT2D eigenvalue weighted by Crippen LogP contribution is -2.59. The lowest BCUT2D eigenvalue weighted by atomic mass is 9.91. The zero-order valence-electron chi connectivity index (χ0n) is 13.0. The van der Waals surface area contributed by atoms with Gasteiger partial charge in [-0.15, -0.1) is 0 Å². The molecule has 0 spiro atoms. The van der Waals surface area contributed by atoms with Gasteiger partial charge in [-0.05, 0) is 16.6 Å². The van der Waals surface area contributed by atoms with E-state index in [1.54, 1.807) is 24.3 Å². The lowest BCUT2D eigenvalue weighted by molar-refractivity contribution is -0.187. The second kappa shape index (κ2) is 8.88. The normalized spacial score (nSPS) is 28.3. The van der Waals surface area contributed by atoms with Gasteiger partial charge in [-0.25, -0.2) is 4.79 Å². The van der Waals surface area contributed by atoms with Gasteiger partial charge in [0.2, 0.25) is 0 Å². The van der Waals surface area contributed by atoms with Crippen molar-refractivity contribution < 1.29 is 24.5 Å². The van der Waals surface area contributed by atoms with Crippen LogP contribution in [0, 0.1) is 0 Å². The Kier molecular flexibility index (Phi) is 6.58. The molecule has 0 aromatic heterocycles. The maximum absolute atomic E-state index is 12.3. The molecule has 25 heavy (non-hydrogen) atoms. The highest BCUT2D eigenvalue weighted by molar-refractivity contribution is 5.76. The van der Waals surface area contributed by atoms with E-state index in [0.29, 0.717) is 0 Å². The first-order valence-electron chi connectivity index (χ1n) is 7.35. The summed E-state index contributed by atoms with van der Waals surface area (Å²) in [6, 6.07) is 6.29. The van der Waals surface area contributed by atoms with Crippen molar-refractivity contribution in [1.29, 1.82) is 0 Å². The largest absolute Gasteiger partial charge is 0.459 e. The summed E-state index contributed by atoms with van der Waals surface area (Å²) < 4.78 is 10.5. The van der Waals surface area contributed by atoms with Gasteiger partial charge < -0.3 is 19.7 Å². The van der Waals surface area contributed by atoms with Crippen molar-refractivity contribution in [3.63, 3.8) is 0 Å². The highest BCUT2D eigenvalue weighted by atomic mass is 16.6. The molecule has 2 rings (SSSR count). The van der Waals surface area contributed by atoms with Gasteiger partial charge in [0.1, 0.15) is 12.7 Å². The Balaban J connectivity index is 2.20. The quantitative estimate of drug-likeness (QED) is 0.339. The molecule has 2 N–H and O–H groups in total. The second-order valence-electron chi connectivity index (χ2n) is 5.25. The number of nitrogens with zero attached hydrogens (tertiary/aromatic N) is 6. The molecular weight excluding hydrogens is 332 g/mol. The van der Waals surface area contributed by atoms with E-state index in [2.05, 4.69) is 20.1 Å². The topological polar surface area (TPSA) is 174 Å². The minimum absolute atomic E-state index is 0.0406. The third kappa shape index (κ3) is 4.38. The summed E-state index contributed by atoms with van der Waals surface area (Å²) in [6.45, 7) is -0.662. The highest BCUT2D eigenvalue weighted by Crippen LogP contribution is 2.27. The Hall–Kier alpha value is -2.81. The molecule has 1 heterocycles. The van der Waals surface area contributed by atoms with Gasteiger partial charge in [0.25, 0.3) is 0 Å². The van der Waals surface area contributed by atoms with E-state index < -0.39 is 43.0 Å². The molecular formula is C14H16N6O5. The van der Waals surface area contributed by atoms with Crippen molar-refractivity contribution in [3.8, 4) is 0 Å². The van der Waals surface area contributed by atoms with E-state index in [9.17, 15) is 15.0 Å². The number of aliphatic hydroxyl groups excluding tert-OH is 2. The number of carbonyl (C=O) groups excluding carboxylic acids is 1. The number of benzene rings is 1. The monoisotopic (exact) mass is 348 g/mol. The number of hydrogen-bond acceptors (Lipinski definition) is 7. The smallest absolute Gasteiger partial charge is 0.336 e. The van der Waals surface area contributed by atoms with Gasteiger partial charge in [0.05, 0.1) is 24.8 Å². The van der Waals surface area contributed by atoms with Crippen LogP contribution in [0.25, 0.3) is 20.9 Å². The van der Waals surface area contributed by atoms with Gasteiger partial charge >= 0.3 is 5.97 Å². The summed E-state index contributed by atoms with van der Waals surface area (Å²) in [4.78, 5) is 17.5. The van der Waals surface area contributed by atoms with Crippen LogP contribution in [0.4, 0.5) is 0 Å². The molecule has 1 aromatic rings. The summed E-state index contributed by atoms with van der Waals surface area (Å²) >= 11 is 0. The van der Waals surface area contributed by atoms with E-state index in [0.717, 1.165) is 5.56 Å². The lowest BCUT2D eigenvalue weighted by Gasteiger charge is -2.39. The molecule has 1 aliphatic heterocycles. The Bertz CT molecular complexity index is 688. The number of azide groups is 2. The molecule has 0 bridgehead atoms. The fourth-order valence-corrected chi connectivity index (χ4v) is 2.49. The Morgan fingerprint density at radius 3 is 2.44 bits per heavy atom. The summed E-state index contributed by atoms with van der Waals surface area (Å²) in [7, 11) is 0. The van der Waals surface area contributed by atoms with Crippen LogP contribution in [0.2, 0.25) is 0 Å². The summed E-state index contributed by atoms with van der Waals surface area (Å²) in [5, 5.41) is 26.2. The molecule has 11 nitrogen and oxygen atoms in total. The van der Waals surface area contributed by atoms with Crippen molar-refractivity contribution in [1.82, 2.24) is 0 Å². The first kappa shape index (κ1) is 18.5. The van der Waals surface area contributed by atoms with E-state index in [4.69, 9.17) is 20.5 Å². The average Bonchev–Trinajstić information content (AvgIpc) is 2.64. The molecule has 0 aliphatic carbocycles. The molecule has 1 aromatic carbocycles. The number of esters is 1. The standard InChI is InChI=1S/C14H16N6O5/c15-19-17-10-11(18-20-16)13(25-9(6-21)12(10)22)14(23)24-7-8-4-2-1-3-5-8/h1-5,9-13,21-22H,6-7H2/t9-,10-,11+,12-,13-/m1/s1. The SMILES string of the molecule is [N-]=[N+]=N[C@H]1[C@H](O)[C@@H](CO)O[C@@H](C(=O)OCc2ccccc2)[C@H]1N=[N+]=[N-]. The predicted molar refractivity (Wildman–Crippen MR) is 83.9 cm³/mol. The molecule has 132 valence electrons. The Labute approximate surface area is 142 Å². The number of rotatable bonds is 6. The molecule has 0 saturated carbocycles. The van der Waals surface area contributed by atoms with Crippen LogP contribution in [0.15, 0.2) is 40.6 Å². The van der Waals surface area contributed by atoms with Crippen LogP contribution >= 0.6 is 0 Å². The third-order valence-corrected chi connectivity index (χ3v) is 3.72. The minimum atomic E-state index is -1.44. The van der Waals surface area contributed by atoms with Gasteiger partial charge in [-0.2, -0.15) is 0 Å². The Morgan fingerprint density at radius 1 is 1.20 bits per heavy atom. The van der Waals surface area contributed by atoms with Crippen LogP contribution in [0.1, 0.15) is 5.56 Å². The van der Waals surface area contributed by atoms with Crippen molar-refractivity contribution in [2.45, 2.75) is 37.0 Å². The van der Waals surface area contributed by atoms with Crippen LogP contribution < -0.4 is 0 Å². The molecule has 0 radical (unpaired) electrons. The summed E-state index contributed by atoms with van der Waals surface area (Å²) in [5.74, 6) is -0.857. The van der Waals surface area contributed by atoms with Gasteiger partial charge in [-0.3, -0.25) is 0 Å². The van der Waals surface area contributed by atoms with Gasteiger partial charge in [-0.1, -0.05) is 40.6 Å². The second-order valence-corrected chi connectivity index (χ2v) is 5.25. The Morgan fingerprint density at radius 2 is 1.84 bits per heavy atom. The van der Waals surface area contributed by atoms with E-state index in [1.807, 2.05) is 6.07 Å². The maximum atomic E-state index is 12.3. The summed E-state index contributed by atoms with van der Waals surface area (Å²) in [5.41, 5.74) is 18.1. The van der Waals surface area contributed by atoms with Crippen molar-refractivity contribution in [2.24, 2.45) is 10.2 Å². The first-order valence-corrected chi connectivity index (χ1v) is 7.35. The van der Waals surface area contributed by atoms with E-state index >= 15 is 0 Å². The molecule has 0 unspecified atom stereocenters. The predicted octanol–water partition coefficient (Wildman–Crippen LogP) is 1.21. The van der Waals surface area contributed by atoms with E-state index in [1.165, 1.54) is 0 Å². The highest BCUT2D eigenvalue weighted by Gasteiger charge is 2.48. The number of hydrogen-bond donors (Lipinski definition) is 2. The maximum Gasteiger partial charge on any atom is 0.336 e. The minimum Gasteiger partial charge on any atom is -0.459 e. The number of carbonyl (C=O) groups is 1. The van der Waals surface area contributed by atoms with Gasteiger partial charge in [0, 0.05) is 9.82 Å². The zero-order chi connectivity index (χ0) is 18.2. The molecule has 1 aliphatic rings. The van der Waals surface area contributed by atoms with Gasteiger partial charge in [0.15, 0.2) is 6.10 Å². The van der Waals surface area contributed by atoms with Crippen molar-refractivity contribution in [2.75, 3.05) is 6.61 Å². The van der Waals surface area contributed by atoms with Crippen LogP contribution in [0.3, 0.4) is 0 Å². The van der Waals surface area contributed by atoms with Crippen LogP contribution in [-0.4, -0.2) is 53.2 Å². The average molecular weight is 348 g/mol. The zero-order valence-corrected chi connectivity index (χ0v) is 13.0. The van der Waals surface area contributed by atoms with Crippen molar-refractivity contribution >= 4 is 5.97 Å². The fourth-order valence-electron chi connectivity index (χ4n) is 2.49. The third-order valence-electron chi connectivity index (χ3n) is 3.72. The number of aliphatic hydroxyl groups is 2. The van der Waals surface area contributed by atoms with Crippen molar-refractivity contribution in [3.05, 3.63) is 56.8 Å².